The van der Waals surface area contributed by atoms with E-state index in [9.17, 15) is 4.79 Å². The van der Waals surface area contributed by atoms with E-state index < -0.39 is 6.10 Å². The summed E-state index contributed by atoms with van der Waals surface area (Å²) in [4.78, 5) is 12.3. The standard InChI is InChI=1S/C16H13ClNO3/c17-12-6-8-13(9-7-12)18-11-21-15(16(18)19)10-20-14-4-2-1-3-5-14/h1-9,11,15H,10H2/q-1. The summed E-state index contributed by atoms with van der Waals surface area (Å²) in [5, 5.41) is 1.34. The first-order valence-corrected chi connectivity index (χ1v) is 6.87. The molecule has 108 valence electrons. The minimum absolute atomic E-state index is 0.159. The zero-order valence-corrected chi connectivity index (χ0v) is 11.9. The summed E-state index contributed by atoms with van der Waals surface area (Å²) in [6.45, 7) is 1.58. The Morgan fingerprint density at radius 2 is 1.95 bits per heavy atom. The van der Waals surface area contributed by atoms with Crippen LogP contribution in [0.2, 0.25) is 5.02 Å². The number of carbonyl (C=O) groups excluding carboxylic acids is 1. The number of carbonyl (C=O) groups is 1. The van der Waals surface area contributed by atoms with Gasteiger partial charge in [0.05, 0.1) is 0 Å². The summed E-state index contributed by atoms with van der Waals surface area (Å²) < 4.78 is 12.4. The summed E-state index contributed by atoms with van der Waals surface area (Å²) in [5.74, 6) is 0.548. The Hall–Kier alpha value is -2.17. The molecule has 1 amide bonds. The smallest absolute Gasteiger partial charge is 0.314 e. The second-order valence-corrected chi connectivity index (χ2v) is 4.98. The quantitative estimate of drug-likeness (QED) is 0.642. The molecular weight excluding hydrogens is 290 g/mol. The van der Waals surface area contributed by atoms with Gasteiger partial charge in [-0.25, -0.2) is 0 Å². The van der Waals surface area contributed by atoms with Gasteiger partial charge in [-0.3, -0.25) is 9.37 Å². The molecule has 0 bridgehead atoms. The molecule has 0 spiro atoms. The lowest BCUT2D eigenvalue weighted by atomic mass is 10.3. The normalized spacial score (nSPS) is 17.7. The molecule has 0 saturated carbocycles. The van der Waals surface area contributed by atoms with Crippen molar-refractivity contribution in [1.82, 2.24) is 4.58 Å². The van der Waals surface area contributed by atoms with Crippen LogP contribution in [0.15, 0.2) is 54.6 Å². The lowest BCUT2D eigenvalue weighted by Gasteiger charge is -2.09. The summed E-state index contributed by atoms with van der Waals surface area (Å²) in [5.41, 5.74) is 0. The van der Waals surface area contributed by atoms with Crippen molar-refractivity contribution in [2.45, 2.75) is 6.10 Å². The third-order valence-corrected chi connectivity index (χ3v) is 3.34. The molecule has 4 nitrogen and oxygen atoms in total. The molecule has 2 aromatic rings. The number of hydrogen-bond acceptors (Lipinski definition) is 3. The Morgan fingerprint density at radius 3 is 2.67 bits per heavy atom. The lowest BCUT2D eigenvalue weighted by molar-refractivity contribution is -0.125. The van der Waals surface area contributed by atoms with Crippen molar-refractivity contribution in [3.05, 3.63) is 71.7 Å². The van der Waals surface area contributed by atoms with Crippen LogP contribution < -0.4 is 14.7 Å². The number of amides is 1. The van der Waals surface area contributed by atoms with Gasteiger partial charge < -0.3 is 9.47 Å². The van der Waals surface area contributed by atoms with Crippen LogP contribution in [0.25, 0.3) is 0 Å². The van der Waals surface area contributed by atoms with Crippen LogP contribution in [-0.2, 0) is 9.53 Å². The van der Waals surface area contributed by atoms with E-state index in [0.29, 0.717) is 16.1 Å². The Labute approximate surface area is 127 Å². The molecule has 0 aromatic heterocycles. The van der Waals surface area contributed by atoms with E-state index in [1.165, 1.54) is 11.3 Å². The van der Waals surface area contributed by atoms with Gasteiger partial charge in [0.1, 0.15) is 12.4 Å². The van der Waals surface area contributed by atoms with Crippen molar-refractivity contribution in [2.75, 3.05) is 6.61 Å². The fraction of sp³-hybridized carbons (Fsp3) is 0.125. The van der Waals surface area contributed by atoms with Gasteiger partial charge in [-0.2, -0.15) is 35.9 Å². The number of para-hydroxylation sites is 1. The van der Waals surface area contributed by atoms with Crippen LogP contribution in [0.5, 0.6) is 5.75 Å². The first kappa shape index (κ1) is 13.8. The van der Waals surface area contributed by atoms with Crippen LogP contribution >= 0.6 is 11.6 Å². The highest BCUT2D eigenvalue weighted by molar-refractivity contribution is 6.30. The second-order valence-electron chi connectivity index (χ2n) is 4.54. The molecule has 3 rings (SSSR count). The maximum atomic E-state index is 12.3. The minimum atomic E-state index is -0.638. The highest BCUT2D eigenvalue weighted by Gasteiger charge is 2.30. The van der Waals surface area contributed by atoms with Crippen molar-refractivity contribution in [3.8, 4) is 5.75 Å². The number of halogens is 1. The van der Waals surface area contributed by atoms with E-state index in [-0.39, 0.29) is 12.5 Å². The van der Waals surface area contributed by atoms with Crippen LogP contribution in [0.1, 0.15) is 0 Å². The average Bonchev–Trinajstić information content (AvgIpc) is 2.88. The van der Waals surface area contributed by atoms with Crippen molar-refractivity contribution >= 4 is 17.5 Å². The van der Waals surface area contributed by atoms with Crippen LogP contribution in [0.3, 0.4) is 0 Å². The maximum Gasteiger partial charge on any atom is 0.314 e. The molecule has 1 fully saturated rings. The summed E-state index contributed by atoms with van der Waals surface area (Å²) in [6.07, 6.45) is -0.638. The van der Waals surface area contributed by atoms with Gasteiger partial charge in [-0.1, -0.05) is 23.2 Å². The highest BCUT2D eigenvalue weighted by atomic mass is 35.5. The molecule has 21 heavy (non-hydrogen) atoms. The largest absolute Gasteiger partial charge is 0.491 e. The molecule has 1 heterocycles. The third kappa shape index (κ3) is 3.12. The van der Waals surface area contributed by atoms with Crippen molar-refractivity contribution < 1.29 is 14.3 Å². The van der Waals surface area contributed by atoms with Crippen molar-refractivity contribution in [1.29, 1.82) is 0 Å². The van der Waals surface area contributed by atoms with E-state index in [0.717, 1.165) is 0 Å². The first-order chi connectivity index (χ1) is 10.2. The van der Waals surface area contributed by atoms with E-state index in [2.05, 4.69) is 0 Å². The molecule has 1 atom stereocenters. The number of ether oxygens (including phenoxy) is 2. The van der Waals surface area contributed by atoms with Crippen molar-refractivity contribution in [2.24, 2.45) is 0 Å². The van der Waals surface area contributed by atoms with Gasteiger partial charge in [-0.15, -0.1) is 0 Å². The Kier molecular flexibility index (Phi) is 3.99. The van der Waals surface area contributed by atoms with Gasteiger partial charge in [0.2, 0.25) is 0 Å². The fourth-order valence-electron chi connectivity index (χ4n) is 1.99. The zero-order chi connectivity index (χ0) is 14.7. The van der Waals surface area contributed by atoms with Gasteiger partial charge in [-0.05, 0) is 12.1 Å². The molecule has 1 unspecified atom stereocenters. The number of rotatable bonds is 3. The Bertz CT molecular complexity index is 688. The third-order valence-electron chi connectivity index (χ3n) is 3.09. The van der Waals surface area contributed by atoms with Gasteiger partial charge in [0, 0.05) is 5.36 Å². The number of benzene rings is 2. The molecular formula is C16H13ClNO3-. The average molecular weight is 303 g/mol. The second kappa shape index (κ2) is 6.08. The first-order valence-electron chi connectivity index (χ1n) is 6.49. The fourth-order valence-corrected chi connectivity index (χ4v) is 2.11. The van der Waals surface area contributed by atoms with Crippen LogP contribution in [0, 0.1) is 6.73 Å². The van der Waals surface area contributed by atoms with E-state index in [1.54, 1.807) is 24.3 Å². The highest BCUT2D eigenvalue weighted by Crippen LogP contribution is 2.12. The number of hydrogen-bond donors (Lipinski definition) is 0. The minimum Gasteiger partial charge on any atom is -0.491 e. The topological polar surface area (TPSA) is 38.5 Å². The summed E-state index contributed by atoms with van der Waals surface area (Å²) >= 11 is 5.84. The SMILES string of the molecule is O=C1C(COc2ccccc2)O[CH-][N+]1=c1cc[c-](Cl)cc1. The Balaban J connectivity index is 1.72. The molecule has 0 aliphatic carbocycles. The maximum absolute atomic E-state index is 12.3. The van der Waals surface area contributed by atoms with E-state index in [1.807, 2.05) is 30.3 Å². The van der Waals surface area contributed by atoms with E-state index >= 15 is 0 Å². The molecule has 0 N–H and O–H groups in total. The summed E-state index contributed by atoms with van der Waals surface area (Å²) in [7, 11) is 0. The monoisotopic (exact) mass is 302 g/mol. The van der Waals surface area contributed by atoms with Crippen LogP contribution in [-0.4, -0.2) is 18.6 Å². The molecule has 0 radical (unpaired) electrons. The Morgan fingerprint density at radius 1 is 1.24 bits per heavy atom. The van der Waals surface area contributed by atoms with E-state index in [4.69, 9.17) is 21.1 Å². The van der Waals surface area contributed by atoms with Gasteiger partial charge in [0.15, 0.2) is 12.8 Å². The molecule has 1 aliphatic rings. The number of nitrogens with zero attached hydrogens (tertiary/aromatic N) is 1. The van der Waals surface area contributed by atoms with Gasteiger partial charge >= 0.3 is 5.91 Å². The molecule has 1 saturated heterocycles. The molecule has 1 aliphatic heterocycles. The summed E-state index contributed by atoms with van der Waals surface area (Å²) in [6, 6.07) is 16.3. The lowest BCUT2D eigenvalue weighted by Crippen LogP contribution is -2.35. The zero-order valence-electron chi connectivity index (χ0n) is 11.1. The van der Waals surface area contributed by atoms with Crippen molar-refractivity contribution in [3.63, 3.8) is 0 Å². The van der Waals surface area contributed by atoms with Crippen LogP contribution in [0.4, 0.5) is 0 Å². The predicted molar refractivity (Wildman–Crippen MR) is 78.4 cm³/mol. The molecule has 5 heteroatoms. The molecule has 2 aromatic carbocycles. The van der Waals surface area contributed by atoms with Gasteiger partial charge in [0.25, 0.3) is 0 Å². The predicted octanol–water partition coefficient (Wildman–Crippen LogP) is 1.95.